The van der Waals surface area contributed by atoms with E-state index in [1.165, 1.54) is 95.6 Å². The molecule has 2 amide bonds. The van der Waals surface area contributed by atoms with Gasteiger partial charge >= 0.3 is 12.2 Å². The molecular weight excluding hydrogens is 1030 g/mol. The van der Waals surface area contributed by atoms with Gasteiger partial charge in [0.15, 0.2) is 0 Å². The zero-order chi connectivity index (χ0) is 57.9. The molecule has 0 saturated heterocycles. The first-order chi connectivity index (χ1) is 39.7. The summed E-state index contributed by atoms with van der Waals surface area (Å²) in [5.74, 6) is -1.97. The summed E-state index contributed by atoms with van der Waals surface area (Å²) in [7, 11) is 0. The number of unbranched alkanes of at least 4 members (excludes halogenated alkanes) is 20. The van der Waals surface area contributed by atoms with Crippen molar-refractivity contribution in [2.45, 2.75) is 212 Å². The van der Waals surface area contributed by atoms with E-state index < -0.39 is 40.8 Å². The van der Waals surface area contributed by atoms with Crippen LogP contribution in [0.25, 0.3) is 0 Å². The topological polar surface area (TPSA) is 221 Å². The van der Waals surface area contributed by atoms with Crippen LogP contribution >= 0.6 is 0 Å². The first-order valence-corrected chi connectivity index (χ1v) is 31.2. The van der Waals surface area contributed by atoms with Crippen LogP contribution in [-0.2, 0) is 25.7 Å². The SMILES string of the molecule is C=CCOC12Oc3ccc(OC(=O)NCCCCCCCCCCCC)cc3C3C(CCCCO)C(CCCCO)C=C(C(=NOCc4ccc([N+](=O)[O-])cc4)CC1N(CCOCCO)C(=O)OCCCCCCCCCCCC)C32. The Balaban J connectivity index is 1.55. The van der Waals surface area contributed by atoms with Gasteiger partial charge in [0, 0.05) is 56.3 Å². The second-order valence-electron chi connectivity index (χ2n) is 22.3. The number of nitrogens with zero attached hydrogens (tertiary/aromatic N) is 3. The molecule has 1 heterocycles. The number of carbonyl (C=O) groups is 2. The Morgan fingerprint density at radius 2 is 1.42 bits per heavy atom. The lowest BCUT2D eigenvalue weighted by Crippen LogP contribution is -2.70. The highest BCUT2D eigenvalue weighted by Crippen LogP contribution is 2.62. The molecule has 5 rings (SSSR count). The van der Waals surface area contributed by atoms with Gasteiger partial charge in [-0.05, 0) is 91.8 Å². The van der Waals surface area contributed by atoms with Crippen molar-refractivity contribution in [2.75, 3.05) is 59.3 Å². The Hall–Kier alpha value is -5.07. The van der Waals surface area contributed by atoms with E-state index in [4.69, 9.17) is 33.7 Å². The number of rotatable bonds is 44. The minimum Gasteiger partial charge on any atom is -0.459 e. The Bertz CT molecular complexity index is 2190. The van der Waals surface area contributed by atoms with Gasteiger partial charge in [-0.3, -0.25) is 15.0 Å². The summed E-state index contributed by atoms with van der Waals surface area (Å²) in [5.41, 5.74) is 2.76. The van der Waals surface area contributed by atoms with Crippen molar-refractivity contribution in [1.82, 2.24) is 10.2 Å². The molecule has 0 bridgehead atoms. The summed E-state index contributed by atoms with van der Waals surface area (Å²) in [6.45, 7) is 9.29. The number of hydrogen-bond acceptors (Lipinski definition) is 14. The molecule has 2 aromatic rings. The summed E-state index contributed by atoms with van der Waals surface area (Å²) in [6.07, 6.45) is 30.0. The number of fused-ring (bicyclic) bond motifs is 2. The third-order valence-corrected chi connectivity index (χ3v) is 16.3. The van der Waals surface area contributed by atoms with Gasteiger partial charge in [0.05, 0.1) is 49.6 Å². The summed E-state index contributed by atoms with van der Waals surface area (Å²) in [4.78, 5) is 47.3. The fourth-order valence-corrected chi connectivity index (χ4v) is 12.1. The van der Waals surface area contributed by atoms with E-state index in [0.717, 1.165) is 62.5 Å². The molecule has 3 aliphatic rings. The number of aliphatic hydroxyl groups is 3. The van der Waals surface area contributed by atoms with E-state index in [2.05, 4.69) is 31.8 Å². The second-order valence-corrected chi connectivity index (χ2v) is 22.3. The number of oxime groups is 1. The number of nitro benzene ring substituents is 1. The molecule has 1 aliphatic heterocycles. The molecule has 6 unspecified atom stereocenters. The van der Waals surface area contributed by atoms with Gasteiger partial charge in [-0.1, -0.05) is 160 Å². The van der Waals surface area contributed by atoms with Crippen LogP contribution in [0.5, 0.6) is 11.5 Å². The second kappa shape index (κ2) is 38.7. The monoisotopic (exact) mass is 1130 g/mol. The number of benzene rings is 2. The summed E-state index contributed by atoms with van der Waals surface area (Å²) < 4.78 is 32.6. The van der Waals surface area contributed by atoms with E-state index in [1.807, 2.05) is 12.1 Å². The largest absolute Gasteiger partial charge is 0.459 e. The predicted molar refractivity (Wildman–Crippen MR) is 317 cm³/mol. The van der Waals surface area contributed by atoms with Crippen LogP contribution in [0.15, 0.2) is 71.9 Å². The van der Waals surface area contributed by atoms with Crippen LogP contribution in [-0.4, -0.2) is 114 Å². The van der Waals surface area contributed by atoms with Crippen LogP contribution in [0.4, 0.5) is 15.3 Å². The third-order valence-electron chi connectivity index (χ3n) is 16.3. The highest BCUT2D eigenvalue weighted by molar-refractivity contribution is 6.03. The van der Waals surface area contributed by atoms with Crippen molar-refractivity contribution in [3.63, 3.8) is 0 Å². The Labute approximate surface area is 483 Å². The van der Waals surface area contributed by atoms with E-state index >= 15 is 0 Å². The molecule has 2 aliphatic carbocycles. The number of hydrogen-bond donors (Lipinski definition) is 4. The highest BCUT2D eigenvalue weighted by atomic mass is 16.7. The summed E-state index contributed by atoms with van der Waals surface area (Å²) >= 11 is 0. The molecule has 1 fully saturated rings. The first-order valence-electron chi connectivity index (χ1n) is 31.2. The Kier molecular flexibility index (Phi) is 31.8. The standard InChI is InChI=1S/C64H100N4O13/c1-4-7-9-11-13-15-17-19-21-25-37-65-62(72)80-53-35-36-58-56(47-53)60-54(30-24-27-40-70)51(29-23-26-39-69)46-55-57(66-79-49-50-31-33-52(34-32-50)68(74)75)48-59(64(81-58,61(55)60)78-42-6-3)67(38-44-76-45-41-71)63(73)77-43-28-22-20-18-16-14-12-10-8-5-2/h6,31-36,46-47,51,54,59-61,69-71H,3-5,7-30,37-45,48-49H2,1-2H3,(H,65,72). The normalized spacial score (nSPS) is 20.4. The molecular formula is C64H100N4O13. The number of ether oxygens (including phenoxy) is 5. The van der Waals surface area contributed by atoms with Crippen molar-refractivity contribution in [2.24, 2.45) is 22.9 Å². The van der Waals surface area contributed by atoms with Crippen molar-refractivity contribution in [3.05, 3.63) is 88.0 Å². The first kappa shape index (κ1) is 66.7. The zero-order valence-corrected chi connectivity index (χ0v) is 49.2. The molecule has 1 saturated carbocycles. The molecule has 17 nitrogen and oxygen atoms in total. The molecule has 6 atom stereocenters. The smallest absolute Gasteiger partial charge is 0.412 e. The predicted octanol–water partition coefficient (Wildman–Crippen LogP) is 13.8. The van der Waals surface area contributed by atoms with Crippen LogP contribution < -0.4 is 14.8 Å². The van der Waals surface area contributed by atoms with Crippen LogP contribution in [0.3, 0.4) is 0 Å². The number of non-ortho nitro benzene ring substituents is 1. The quantitative estimate of drug-likeness (QED) is 0.0210. The molecule has 4 N–H and O–H groups in total. The van der Waals surface area contributed by atoms with E-state index in [0.29, 0.717) is 61.4 Å². The maximum atomic E-state index is 14.9. The molecule has 0 aromatic heterocycles. The maximum Gasteiger partial charge on any atom is 0.412 e. The molecule has 17 heteroatoms. The van der Waals surface area contributed by atoms with Gasteiger partial charge in [0.1, 0.15) is 24.1 Å². The lowest BCUT2D eigenvalue weighted by Gasteiger charge is -2.59. The number of amides is 2. The van der Waals surface area contributed by atoms with Crippen molar-refractivity contribution in [3.8, 4) is 11.5 Å². The zero-order valence-electron chi connectivity index (χ0n) is 49.2. The van der Waals surface area contributed by atoms with E-state index in [-0.39, 0.29) is 83.3 Å². The third kappa shape index (κ3) is 21.6. The van der Waals surface area contributed by atoms with Gasteiger partial charge in [-0.25, -0.2) is 9.59 Å². The average Bonchev–Trinajstić information content (AvgIpc) is 3.11. The lowest BCUT2D eigenvalue weighted by molar-refractivity contribution is -0.384. The minimum absolute atomic E-state index is 0.00371. The fourth-order valence-electron chi connectivity index (χ4n) is 12.1. The van der Waals surface area contributed by atoms with Crippen molar-refractivity contribution >= 4 is 23.6 Å². The van der Waals surface area contributed by atoms with Crippen LogP contribution in [0.2, 0.25) is 0 Å². The molecule has 454 valence electrons. The summed E-state index contributed by atoms with van der Waals surface area (Å²) in [6, 6.07) is 10.6. The van der Waals surface area contributed by atoms with Gasteiger partial charge in [-0.15, -0.1) is 6.58 Å². The molecule has 81 heavy (non-hydrogen) atoms. The number of nitro groups is 1. The van der Waals surface area contributed by atoms with Crippen LogP contribution in [0, 0.1) is 27.9 Å². The minimum atomic E-state index is -1.59. The van der Waals surface area contributed by atoms with E-state index in [9.17, 15) is 35.0 Å². The van der Waals surface area contributed by atoms with E-state index in [1.54, 1.807) is 29.2 Å². The van der Waals surface area contributed by atoms with Gasteiger partial charge in [0.2, 0.25) is 5.79 Å². The summed E-state index contributed by atoms with van der Waals surface area (Å²) in [5, 5.41) is 49.3. The van der Waals surface area contributed by atoms with Crippen LogP contribution in [0.1, 0.15) is 204 Å². The van der Waals surface area contributed by atoms with Crippen molar-refractivity contribution in [1.29, 1.82) is 0 Å². The van der Waals surface area contributed by atoms with Gasteiger partial charge in [-0.2, -0.15) is 0 Å². The molecule has 0 spiro atoms. The number of carbonyl (C=O) groups excluding carboxylic acids is 2. The molecule has 2 aromatic carbocycles. The Morgan fingerprint density at radius 1 is 0.790 bits per heavy atom. The molecule has 0 radical (unpaired) electrons. The lowest BCUT2D eigenvalue weighted by atomic mass is 9.55. The fraction of sp³-hybridized carbons (Fsp3) is 0.703. The van der Waals surface area contributed by atoms with Crippen molar-refractivity contribution < 1.29 is 58.4 Å². The van der Waals surface area contributed by atoms with Gasteiger partial charge < -0.3 is 49.2 Å². The number of nitrogens with one attached hydrogen (secondary N) is 1. The number of aliphatic hydroxyl groups excluding tert-OH is 3. The maximum absolute atomic E-state index is 14.9. The average molecular weight is 1130 g/mol. The van der Waals surface area contributed by atoms with Gasteiger partial charge in [0.25, 0.3) is 5.69 Å². The Morgan fingerprint density at radius 3 is 2.04 bits per heavy atom. The highest BCUT2D eigenvalue weighted by Gasteiger charge is 2.65. The number of allylic oxidation sites excluding steroid dienone is 1.